The second kappa shape index (κ2) is 7.41. The van der Waals surface area contributed by atoms with Gasteiger partial charge in [-0.3, -0.25) is 0 Å². The molecule has 0 atom stereocenters. The normalized spacial score (nSPS) is 10.1. The number of nitrogens with zero attached hydrogens (tertiary/aromatic N) is 2. The molecule has 0 fully saturated rings. The molecule has 3 nitrogen and oxygen atoms in total. The second-order valence-corrected chi connectivity index (χ2v) is 4.76. The van der Waals surface area contributed by atoms with Gasteiger partial charge in [-0.05, 0) is 36.2 Å². The maximum absolute atomic E-state index is 13.4. The van der Waals surface area contributed by atoms with Crippen LogP contribution in [0.5, 0.6) is 0 Å². The predicted molar refractivity (Wildman–Crippen MR) is 80.3 cm³/mol. The molecule has 1 N–H and O–H groups in total. The number of hydrogen-bond donors (Lipinski definition) is 1. The van der Waals surface area contributed by atoms with Crippen molar-refractivity contribution in [2.45, 2.75) is 13.0 Å². The number of hydrogen-bond acceptors (Lipinski definition) is 3. The Hall–Kier alpha value is -2.38. The Morgan fingerprint density at radius 2 is 1.90 bits per heavy atom. The zero-order valence-electron chi connectivity index (χ0n) is 11.7. The van der Waals surface area contributed by atoms with Crippen LogP contribution in [0.2, 0.25) is 0 Å². The first-order chi connectivity index (χ1) is 10.2. The van der Waals surface area contributed by atoms with Crippen molar-refractivity contribution in [3.05, 3.63) is 65.5 Å². The van der Waals surface area contributed by atoms with Crippen molar-refractivity contribution in [1.82, 2.24) is 0 Å². The van der Waals surface area contributed by atoms with Crippen molar-refractivity contribution in [1.29, 1.82) is 5.26 Å². The molecule has 0 aromatic heterocycles. The zero-order valence-corrected chi connectivity index (χ0v) is 11.7. The number of anilines is 1. The summed E-state index contributed by atoms with van der Waals surface area (Å²) in [6, 6.07) is 16.3. The minimum Gasteiger partial charge on any atom is -0.396 e. The molecule has 108 valence electrons. The summed E-state index contributed by atoms with van der Waals surface area (Å²) in [5.41, 5.74) is 1.96. The van der Waals surface area contributed by atoms with Crippen molar-refractivity contribution >= 4 is 5.69 Å². The number of benzene rings is 2. The number of para-hydroxylation sites is 1. The van der Waals surface area contributed by atoms with Gasteiger partial charge in [0, 0.05) is 25.4 Å². The fourth-order valence-corrected chi connectivity index (χ4v) is 2.18. The lowest BCUT2D eigenvalue weighted by atomic mass is 10.1. The molecule has 2 rings (SSSR count). The van der Waals surface area contributed by atoms with Crippen molar-refractivity contribution in [3.8, 4) is 6.07 Å². The monoisotopic (exact) mass is 284 g/mol. The summed E-state index contributed by atoms with van der Waals surface area (Å²) in [6.45, 7) is 1.38. The summed E-state index contributed by atoms with van der Waals surface area (Å²) in [5.74, 6) is -0.497. The largest absolute Gasteiger partial charge is 0.396 e. The van der Waals surface area contributed by atoms with Crippen LogP contribution in [0.25, 0.3) is 0 Å². The molecule has 0 amide bonds. The van der Waals surface area contributed by atoms with Crippen molar-refractivity contribution < 1.29 is 9.50 Å². The maximum atomic E-state index is 13.4. The smallest absolute Gasteiger partial charge is 0.140 e. The number of aliphatic hydroxyl groups is 1. The minimum absolute atomic E-state index is 0.0580. The molecule has 0 saturated carbocycles. The average Bonchev–Trinajstić information content (AvgIpc) is 2.53. The second-order valence-electron chi connectivity index (χ2n) is 4.76. The fourth-order valence-electron chi connectivity index (χ4n) is 2.18. The minimum atomic E-state index is -0.497. The van der Waals surface area contributed by atoms with Crippen LogP contribution < -0.4 is 4.90 Å². The van der Waals surface area contributed by atoms with E-state index in [-0.39, 0.29) is 12.2 Å². The lowest BCUT2D eigenvalue weighted by Gasteiger charge is -2.25. The van der Waals surface area contributed by atoms with Gasteiger partial charge in [0.15, 0.2) is 0 Å². The lowest BCUT2D eigenvalue weighted by molar-refractivity contribution is 0.289. The van der Waals surface area contributed by atoms with Gasteiger partial charge < -0.3 is 10.0 Å². The molecule has 0 radical (unpaired) electrons. The topological polar surface area (TPSA) is 47.3 Å². The molecule has 0 spiro atoms. The Kier molecular flexibility index (Phi) is 5.30. The van der Waals surface area contributed by atoms with E-state index < -0.39 is 5.82 Å². The summed E-state index contributed by atoms with van der Waals surface area (Å²) in [5, 5.41) is 17.9. The molecule has 0 aliphatic carbocycles. The maximum Gasteiger partial charge on any atom is 0.140 e. The molecule has 0 aliphatic rings. The van der Waals surface area contributed by atoms with Gasteiger partial charge in [-0.2, -0.15) is 5.26 Å². The van der Waals surface area contributed by atoms with Crippen molar-refractivity contribution in [2.75, 3.05) is 18.1 Å². The van der Waals surface area contributed by atoms with E-state index in [1.807, 2.05) is 36.4 Å². The first kappa shape index (κ1) is 15.0. The molecule has 21 heavy (non-hydrogen) atoms. The highest BCUT2D eigenvalue weighted by Crippen LogP contribution is 2.18. The zero-order chi connectivity index (χ0) is 15.1. The Labute approximate surface area is 123 Å². The van der Waals surface area contributed by atoms with E-state index >= 15 is 0 Å². The van der Waals surface area contributed by atoms with Crippen LogP contribution in [-0.4, -0.2) is 18.3 Å². The van der Waals surface area contributed by atoms with Crippen LogP contribution in [0.3, 0.4) is 0 Å². The number of rotatable bonds is 6. The summed E-state index contributed by atoms with van der Waals surface area (Å²) < 4.78 is 13.4. The average molecular weight is 284 g/mol. The number of halogens is 1. The van der Waals surface area contributed by atoms with Crippen molar-refractivity contribution in [3.63, 3.8) is 0 Å². The summed E-state index contributed by atoms with van der Waals surface area (Å²) in [4.78, 5) is 2.10. The number of nitriles is 1. The Morgan fingerprint density at radius 3 is 2.57 bits per heavy atom. The quantitative estimate of drug-likeness (QED) is 0.886. The van der Waals surface area contributed by atoms with Gasteiger partial charge in [0.2, 0.25) is 0 Å². The predicted octanol–water partition coefficient (Wildman–Crippen LogP) is 3.09. The molecule has 0 unspecified atom stereocenters. The molecule has 0 saturated heterocycles. The van der Waals surface area contributed by atoms with E-state index in [0.29, 0.717) is 19.5 Å². The van der Waals surface area contributed by atoms with Gasteiger partial charge in [0.1, 0.15) is 11.9 Å². The Bertz CT molecular complexity index is 622. The van der Waals surface area contributed by atoms with Crippen LogP contribution in [0.1, 0.15) is 17.5 Å². The SMILES string of the molecule is N#Cc1cc(CN(CCCO)c2ccccc2)ccc1F. The summed E-state index contributed by atoms with van der Waals surface area (Å²) in [6.07, 6.45) is 0.654. The first-order valence-corrected chi connectivity index (χ1v) is 6.84. The molecule has 0 bridgehead atoms. The van der Waals surface area contributed by atoms with Gasteiger partial charge in [0.05, 0.1) is 5.56 Å². The fraction of sp³-hybridized carbons (Fsp3) is 0.235. The van der Waals surface area contributed by atoms with Crippen molar-refractivity contribution in [2.24, 2.45) is 0 Å². The van der Waals surface area contributed by atoms with Gasteiger partial charge >= 0.3 is 0 Å². The third kappa shape index (κ3) is 4.04. The van der Waals surface area contributed by atoms with E-state index in [1.54, 1.807) is 12.1 Å². The van der Waals surface area contributed by atoms with E-state index in [2.05, 4.69) is 4.90 Å². The Balaban J connectivity index is 2.21. The van der Waals surface area contributed by atoms with Crippen LogP contribution >= 0.6 is 0 Å². The van der Waals surface area contributed by atoms with Gasteiger partial charge in [-0.15, -0.1) is 0 Å². The molecule has 0 heterocycles. The molecule has 2 aromatic carbocycles. The third-order valence-corrected chi connectivity index (χ3v) is 3.23. The van der Waals surface area contributed by atoms with E-state index in [0.717, 1.165) is 11.3 Å². The van der Waals surface area contributed by atoms with Gasteiger partial charge in [-0.25, -0.2) is 4.39 Å². The highest BCUT2D eigenvalue weighted by Gasteiger charge is 2.09. The van der Waals surface area contributed by atoms with Crippen LogP contribution in [0.4, 0.5) is 10.1 Å². The molecular weight excluding hydrogens is 267 g/mol. The van der Waals surface area contributed by atoms with E-state index in [4.69, 9.17) is 10.4 Å². The van der Waals surface area contributed by atoms with Gasteiger partial charge in [-0.1, -0.05) is 24.3 Å². The third-order valence-electron chi connectivity index (χ3n) is 3.23. The van der Waals surface area contributed by atoms with Gasteiger partial charge in [0.25, 0.3) is 0 Å². The first-order valence-electron chi connectivity index (χ1n) is 6.84. The Morgan fingerprint density at radius 1 is 1.14 bits per heavy atom. The lowest BCUT2D eigenvalue weighted by Crippen LogP contribution is -2.24. The molecule has 2 aromatic rings. The molecule has 0 aliphatic heterocycles. The van der Waals surface area contributed by atoms with Crippen LogP contribution in [0.15, 0.2) is 48.5 Å². The van der Waals surface area contributed by atoms with E-state index in [9.17, 15) is 4.39 Å². The van der Waals surface area contributed by atoms with E-state index in [1.165, 1.54) is 6.07 Å². The van der Waals surface area contributed by atoms with Crippen LogP contribution in [-0.2, 0) is 6.54 Å². The molecular formula is C17H17FN2O. The standard InChI is InChI=1S/C17H17FN2O/c18-17-8-7-14(11-15(17)12-19)13-20(9-4-10-21)16-5-2-1-3-6-16/h1-3,5-8,11,21H,4,9-10,13H2. The summed E-state index contributed by atoms with van der Waals surface area (Å²) in [7, 11) is 0. The number of aliphatic hydroxyl groups excluding tert-OH is 1. The highest BCUT2D eigenvalue weighted by molar-refractivity contribution is 5.47. The molecule has 4 heteroatoms. The summed E-state index contributed by atoms with van der Waals surface area (Å²) >= 11 is 0. The highest BCUT2D eigenvalue weighted by atomic mass is 19.1. The van der Waals surface area contributed by atoms with Crippen LogP contribution in [0, 0.1) is 17.1 Å².